The highest BCUT2D eigenvalue weighted by atomic mass is 35.5. The fourth-order valence-electron chi connectivity index (χ4n) is 4.46. The topological polar surface area (TPSA) is 59.8 Å². The quantitative estimate of drug-likeness (QED) is 0.607. The molecule has 154 valence electrons. The standard InChI is InChI=1S/C24H22ClNO4/c1-13-10-18-19(11-14(13)2)30-23-20(22(18)27)21(15-5-7-16(25)8-6-15)26(24(23)28)12-17-4-3-9-29-17/h5-8,10-11,17,21H,3-4,9,12H2,1-2H3/t17-,21+/m1/s1. The van der Waals surface area contributed by atoms with Crippen LogP contribution in [0.15, 0.2) is 45.6 Å². The Labute approximate surface area is 179 Å². The van der Waals surface area contributed by atoms with Gasteiger partial charge >= 0.3 is 0 Å². The van der Waals surface area contributed by atoms with Gasteiger partial charge in [0.25, 0.3) is 5.91 Å². The van der Waals surface area contributed by atoms with Crippen molar-refractivity contribution in [1.29, 1.82) is 0 Å². The van der Waals surface area contributed by atoms with Crippen molar-refractivity contribution in [3.05, 3.63) is 79.7 Å². The number of halogens is 1. The molecule has 5 rings (SSSR count). The van der Waals surface area contributed by atoms with Crippen molar-refractivity contribution >= 4 is 28.5 Å². The van der Waals surface area contributed by atoms with Crippen LogP contribution in [0.4, 0.5) is 0 Å². The minimum Gasteiger partial charge on any atom is -0.450 e. The number of hydrogen-bond acceptors (Lipinski definition) is 4. The molecule has 2 atom stereocenters. The first-order chi connectivity index (χ1) is 14.4. The number of fused-ring (bicyclic) bond motifs is 2. The number of ether oxygens (including phenoxy) is 1. The Kier molecular flexibility index (Phi) is 4.68. The second kappa shape index (κ2) is 7.25. The smallest absolute Gasteiger partial charge is 0.291 e. The van der Waals surface area contributed by atoms with E-state index in [1.807, 2.05) is 38.1 Å². The molecule has 6 heteroatoms. The number of nitrogens with zero attached hydrogens (tertiary/aromatic N) is 1. The number of rotatable bonds is 3. The molecule has 3 heterocycles. The molecule has 0 aliphatic carbocycles. The molecule has 0 saturated carbocycles. The van der Waals surface area contributed by atoms with E-state index in [-0.39, 0.29) is 23.2 Å². The van der Waals surface area contributed by atoms with Gasteiger partial charge in [0.2, 0.25) is 5.76 Å². The largest absolute Gasteiger partial charge is 0.450 e. The van der Waals surface area contributed by atoms with Gasteiger partial charge in [0.15, 0.2) is 5.43 Å². The molecule has 3 aromatic rings. The average Bonchev–Trinajstić information content (AvgIpc) is 3.33. The third kappa shape index (κ3) is 3.04. The van der Waals surface area contributed by atoms with E-state index in [0.717, 1.165) is 29.5 Å². The van der Waals surface area contributed by atoms with E-state index in [4.69, 9.17) is 20.8 Å². The van der Waals surface area contributed by atoms with Crippen LogP contribution in [-0.2, 0) is 4.74 Å². The van der Waals surface area contributed by atoms with Crippen LogP contribution in [-0.4, -0.2) is 30.1 Å². The first kappa shape index (κ1) is 19.3. The lowest BCUT2D eigenvalue weighted by Gasteiger charge is -2.27. The fraction of sp³-hybridized carbons (Fsp3) is 0.333. The van der Waals surface area contributed by atoms with Crippen LogP contribution in [0.1, 0.15) is 51.7 Å². The third-order valence-electron chi connectivity index (χ3n) is 6.19. The molecule has 0 N–H and O–H groups in total. The zero-order valence-corrected chi connectivity index (χ0v) is 17.7. The molecule has 0 spiro atoms. The Morgan fingerprint density at radius 1 is 1.10 bits per heavy atom. The van der Waals surface area contributed by atoms with Gasteiger partial charge in [-0.05, 0) is 67.6 Å². The van der Waals surface area contributed by atoms with Crippen LogP contribution in [0.5, 0.6) is 0 Å². The number of carbonyl (C=O) groups is 1. The number of benzene rings is 2. The summed E-state index contributed by atoms with van der Waals surface area (Å²) < 4.78 is 11.8. The normalized spacial score (nSPS) is 20.9. The third-order valence-corrected chi connectivity index (χ3v) is 6.44. The maximum atomic E-state index is 13.6. The predicted octanol–water partition coefficient (Wildman–Crippen LogP) is 4.79. The molecule has 2 aromatic carbocycles. The van der Waals surface area contributed by atoms with Crippen LogP contribution in [0.25, 0.3) is 11.0 Å². The molecular weight excluding hydrogens is 402 g/mol. The lowest BCUT2D eigenvalue weighted by molar-refractivity contribution is 0.0486. The molecule has 2 aliphatic rings. The number of hydrogen-bond donors (Lipinski definition) is 0. The van der Waals surface area contributed by atoms with Crippen molar-refractivity contribution < 1.29 is 13.9 Å². The molecule has 1 aromatic heterocycles. The van der Waals surface area contributed by atoms with Gasteiger partial charge in [-0.15, -0.1) is 0 Å². The van der Waals surface area contributed by atoms with Crippen molar-refractivity contribution in [3.8, 4) is 0 Å². The second-order valence-electron chi connectivity index (χ2n) is 8.15. The molecule has 0 bridgehead atoms. The van der Waals surface area contributed by atoms with E-state index >= 15 is 0 Å². The Bertz CT molecular complexity index is 1210. The summed E-state index contributed by atoms with van der Waals surface area (Å²) in [5, 5.41) is 1.10. The highest BCUT2D eigenvalue weighted by Gasteiger charge is 2.43. The summed E-state index contributed by atoms with van der Waals surface area (Å²) in [6, 6.07) is 10.4. The van der Waals surface area contributed by atoms with E-state index in [9.17, 15) is 9.59 Å². The SMILES string of the molecule is Cc1cc2oc3c(c(=O)c2cc1C)[C@H](c1ccc(Cl)cc1)N(C[C@H]1CCCO1)C3=O. The van der Waals surface area contributed by atoms with Gasteiger partial charge in [0.05, 0.1) is 23.1 Å². The summed E-state index contributed by atoms with van der Waals surface area (Å²) in [7, 11) is 0. The summed E-state index contributed by atoms with van der Waals surface area (Å²) >= 11 is 6.08. The molecule has 0 unspecified atom stereocenters. The van der Waals surface area contributed by atoms with E-state index in [1.54, 1.807) is 17.0 Å². The highest BCUT2D eigenvalue weighted by molar-refractivity contribution is 6.30. The molecular formula is C24H22ClNO4. The minimum atomic E-state index is -0.517. The minimum absolute atomic E-state index is 0.0351. The number of amides is 1. The van der Waals surface area contributed by atoms with Gasteiger partial charge in [-0.3, -0.25) is 9.59 Å². The van der Waals surface area contributed by atoms with Gasteiger partial charge in [-0.2, -0.15) is 0 Å². The fourth-order valence-corrected chi connectivity index (χ4v) is 4.59. The Balaban J connectivity index is 1.72. The van der Waals surface area contributed by atoms with E-state index in [1.165, 1.54) is 0 Å². The van der Waals surface area contributed by atoms with Crippen molar-refractivity contribution in [1.82, 2.24) is 4.90 Å². The molecule has 1 amide bonds. The number of carbonyl (C=O) groups excluding carboxylic acids is 1. The van der Waals surface area contributed by atoms with Crippen molar-refractivity contribution in [2.45, 2.75) is 38.8 Å². The van der Waals surface area contributed by atoms with E-state index in [0.29, 0.717) is 34.7 Å². The van der Waals surface area contributed by atoms with Gasteiger partial charge in [0.1, 0.15) is 5.58 Å². The van der Waals surface area contributed by atoms with E-state index in [2.05, 4.69) is 0 Å². The van der Waals surface area contributed by atoms with Crippen molar-refractivity contribution in [2.75, 3.05) is 13.2 Å². The summed E-state index contributed by atoms with van der Waals surface area (Å²) in [6.07, 6.45) is 1.84. The van der Waals surface area contributed by atoms with Gasteiger partial charge in [-0.25, -0.2) is 0 Å². The summed E-state index contributed by atoms with van der Waals surface area (Å²) in [5.41, 5.74) is 3.55. The molecule has 5 nitrogen and oxygen atoms in total. The second-order valence-corrected chi connectivity index (χ2v) is 8.59. The van der Waals surface area contributed by atoms with Crippen LogP contribution in [0, 0.1) is 13.8 Å². The zero-order valence-electron chi connectivity index (χ0n) is 16.9. The molecule has 1 saturated heterocycles. The number of aryl methyl sites for hydroxylation is 2. The van der Waals surface area contributed by atoms with Crippen molar-refractivity contribution in [2.24, 2.45) is 0 Å². The molecule has 2 aliphatic heterocycles. The van der Waals surface area contributed by atoms with Gasteiger partial charge in [0, 0.05) is 18.2 Å². The average molecular weight is 424 g/mol. The monoisotopic (exact) mass is 423 g/mol. The first-order valence-corrected chi connectivity index (χ1v) is 10.6. The lowest BCUT2D eigenvalue weighted by atomic mass is 9.97. The zero-order chi connectivity index (χ0) is 21.0. The molecule has 1 fully saturated rings. The van der Waals surface area contributed by atoms with Gasteiger partial charge in [-0.1, -0.05) is 23.7 Å². The highest BCUT2D eigenvalue weighted by Crippen LogP contribution is 2.39. The van der Waals surface area contributed by atoms with Crippen LogP contribution in [0.2, 0.25) is 5.02 Å². The maximum absolute atomic E-state index is 13.6. The predicted molar refractivity (Wildman–Crippen MR) is 115 cm³/mol. The summed E-state index contributed by atoms with van der Waals surface area (Å²) in [4.78, 5) is 28.7. The maximum Gasteiger partial charge on any atom is 0.291 e. The first-order valence-electron chi connectivity index (χ1n) is 10.2. The Morgan fingerprint density at radius 3 is 2.53 bits per heavy atom. The Morgan fingerprint density at radius 2 is 1.83 bits per heavy atom. The molecule has 30 heavy (non-hydrogen) atoms. The van der Waals surface area contributed by atoms with Gasteiger partial charge < -0.3 is 14.1 Å². The summed E-state index contributed by atoms with van der Waals surface area (Å²) in [6.45, 7) is 5.05. The van der Waals surface area contributed by atoms with Crippen molar-refractivity contribution in [3.63, 3.8) is 0 Å². The molecule has 0 radical (unpaired) electrons. The lowest BCUT2D eigenvalue weighted by Crippen LogP contribution is -2.36. The Hall–Kier alpha value is -2.63. The van der Waals surface area contributed by atoms with Crippen LogP contribution >= 0.6 is 11.6 Å². The summed E-state index contributed by atoms with van der Waals surface area (Å²) in [5.74, 6) is -0.133. The van der Waals surface area contributed by atoms with Crippen LogP contribution in [0.3, 0.4) is 0 Å². The van der Waals surface area contributed by atoms with E-state index < -0.39 is 6.04 Å². The van der Waals surface area contributed by atoms with Crippen LogP contribution < -0.4 is 5.43 Å².